The smallest absolute Gasteiger partial charge is 0.255 e. The Hall–Kier alpha value is -2.43. The second kappa shape index (κ2) is 5.27. The summed E-state index contributed by atoms with van der Waals surface area (Å²) in [6.45, 7) is 0. The van der Waals surface area contributed by atoms with Crippen molar-refractivity contribution in [2.45, 2.75) is 0 Å². The quantitative estimate of drug-likeness (QED) is 0.905. The lowest BCUT2D eigenvalue weighted by Gasteiger charge is -2.09. The van der Waals surface area contributed by atoms with Gasteiger partial charge in [-0.05, 0) is 24.3 Å². The number of nitrogens with zero attached hydrogens (tertiary/aromatic N) is 1. The van der Waals surface area contributed by atoms with Crippen molar-refractivity contribution in [3.63, 3.8) is 0 Å². The van der Waals surface area contributed by atoms with Crippen molar-refractivity contribution in [2.24, 2.45) is 0 Å². The van der Waals surface area contributed by atoms with E-state index in [2.05, 4.69) is 10.3 Å². The third kappa shape index (κ3) is 2.63. The van der Waals surface area contributed by atoms with Crippen LogP contribution in [-0.4, -0.2) is 18.0 Å². The monoisotopic (exact) mass is 246 g/mol. The van der Waals surface area contributed by atoms with Gasteiger partial charge in [0.1, 0.15) is 11.6 Å². The maximum absolute atomic E-state index is 13.0. The molecule has 0 radical (unpaired) electrons. The van der Waals surface area contributed by atoms with Crippen LogP contribution in [0.1, 0.15) is 10.4 Å². The lowest BCUT2D eigenvalue weighted by atomic mass is 10.2. The van der Waals surface area contributed by atoms with Crippen molar-refractivity contribution in [2.75, 3.05) is 12.4 Å². The fourth-order valence-electron chi connectivity index (χ4n) is 1.47. The van der Waals surface area contributed by atoms with Gasteiger partial charge in [0.2, 0.25) is 0 Å². The molecule has 92 valence electrons. The van der Waals surface area contributed by atoms with E-state index in [1.165, 1.54) is 37.7 Å². The molecule has 0 fully saturated rings. The number of hydrogen-bond donors (Lipinski definition) is 1. The number of aromatic nitrogens is 1. The molecule has 0 saturated heterocycles. The molecule has 5 heteroatoms. The van der Waals surface area contributed by atoms with Gasteiger partial charge in [0.05, 0.1) is 12.8 Å². The molecule has 0 spiro atoms. The summed E-state index contributed by atoms with van der Waals surface area (Å²) in [6.07, 6.45) is 3.05. The number of carbonyl (C=O) groups is 1. The molecule has 0 aliphatic heterocycles. The van der Waals surface area contributed by atoms with E-state index in [1.807, 2.05) is 0 Å². The van der Waals surface area contributed by atoms with E-state index in [9.17, 15) is 9.18 Å². The van der Waals surface area contributed by atoms with Crippen molar-refractivity contribution >= 4 is 11.6 Å². The van der Waals surface area contributed by atoms with Crippen LogP contribution < -0.4 is 10.1 Å². The minimum atomic E-state index is -0.422. The largest absolute Gasteiger partial charge is 0.494 e. The average Bonchev–Trinajstić information content (AvgIpc) is 2.41. The maximum atomic E-state index is 13.0. The van der Waals surface area contributed by atoms with Gasteiger partial charge < -0.3 is 10.1 Å². The van der Waals surface area contributed by atoms with E-state index in [0.29, 0.717) is 11.3 Å². The zero-order valence-corrected chi connectivity index (χ0v) is 9.68. The van der Waals surface area contributed by atoms with Gasteiger partial charge in [-0.15, -0.1) is 0 Å². The lowest BCUT2D eigenvalue weighted by Crippen LogP contribution is -2.12. The van der Waals surface area contributed by atoms with Crippen molar-refractivity contribution in [3.05, 3.63) is 54.1 Å². The number of rotatable bonds is 3. The highest BCUT2D eigenvalue weighted by atomic mass is 19.1. The molecule has 0 atom stereocenters. The number of amides is 1. The Morgan fingerprint density at radius 2 is 2.00 bits per heavy atom. The van der Waals surface area contributed by atoms with Crippen LogP contribution in [0.2, 0.25) is 0 Å². The fourth-order valence-corrected chi connectivity index (χ4v) is 1.47. The number of halogens is 1. The summed E-state index contributed by atoms with van der Waals surface area (Å²) in [5.74, 6) is -0.450. The molecule has 1 aromatic carbocycles. The van der Waals surface area contributed by atoms with Gasteiger partial charge in [-0.3, -0.25) is 9.78 Å². The van der Waals surface area contributed by atoms with Crippen molar-refractivity contribution in [3.8, 4) is 5.75 Å². The zero-order chi connectivity index (χ0) is 13.0. The van der Waals surface area contributed by atoms with Gasteiger partial charge in [0, 0.05) is 24.0 Å². The highest BCUT2D eigenvalue weighted by molar-refractivity contribution is 6.04. The van der Waals surface area contributed by atoms with E-state index in [4.69, 9.17) is 4.74 Å². The first-order valence-electron chi connectivity index (χ1n) is 5.25. The summed E-state index contributed by atoms with van der Waals surface area (Å²) in [5, 5.41) is 2.65. The number of nitrogens with one attached hydrogen (secondary N) is 1. The number of carbonyl (C=O) groups excluding carboxylic acids is 1. The molecule has 0 saturated carbocycles. The van der Waals surface area contributed by atoms with E-state index in [0.717, 1.165) is 0 Å². The zero-order valence-electron chi connectivity index (χ0n) is 9.68. The summed E-state index contributed by atoms with van der Waals surface area (Å²) in [4.78, 5) is 15.7. The van der Waals surface area contributed by atoms with Gasteiger partial charge in [0.25, 0.3) is 5.91 Å². The summed E-state index contributed by atoms with van der Waals surface area (Å²) in [7, 11) is 1.41. The molecular formula is C13H11FN2O2. The van der Waals surface area contributed by atoms with E-state index < -0.39 is 5.82 Å². The van der Waals surface area contributed by atoms with Gasteiger partial charge in [-0.1, -0.05) is 0 Å². The molecule has 2 rings (SSSR count). The van der Waals surface area contributed by atoms with Crippen LogP contribution in [0.25, 0.3) is 0 Å². The van der Waals surface area contributed by atoms with Crippen LogP contribution in [-0.2, 0) is 0 Å². The molecule has 1 heterocycles. The summed E-state index contributed by atoms with van der Waals surface area (Å²) in [6, 6.07) is 7.09. The minimum absolute atomic E-state index is 0.275. The summed E-state index contributed by atoms with van der Waals surface area (Å²) < 4.78 is 18.0. The Kier molecular flexibility index (Phi) is 3.52. The molecule has 1 amide bonds. The third-order valence-corrected chi connectivity index (χ3v) is 2.35. The number of hydrogen-bond acceptors (Lipinski definition) is 3. The molecular weight excluding hydrogens is 235 g/mol. The average molecular weight is 246 g/mol. The Morgan fingerprint density at radius 3 is 2.67 bits per heavy atom. The second-order valence-corrected chi connectivity index (χ2v) is 3.53. The summed E-state index contributed by atoms with van der Waals surface area (Å²) in [5.41, 5.74) is 0.886. The standard InChI is InChI=1S/C13H11FN2O2/c1-18-12-8-10(14)2-3-11(12)16-13(17)9-4-6-15-7-5-9/h2-8H,1H3,(H,16,17). The molecule has 4 nitrogen and oxygen atoms in total. The number of pyridine rings is 1. The normalized spacial score (nSPS) is 9.89. The SMILES string of the molecule is COc1cc(F)ccc1NC(=O)c1ccncc1. The number of benzene rings is 1. The van der Waals surface area contributed by atoms with Crippen LogP contribution in [0, 0.1) is 5.82 Å². The second-order valence-electron chi connectivity index (χ2n) is 3.53. The first-order chi connectivity index (χ1) is 8.70. The predicted molar refractivity (Wildman–Crippen MR) is 65.1 cm³/mol. The Bertz CT molecular complexity index is 558. The Balaban J connectivity index is 2.22. The minimum Gasteiger partial charge on any atom is -0.494 e. The summed E-state index contributed by atoms with van der Waals surface area (Å²) >= 11 is 0. The van der Waals surface area contributed by atoms with Gasteiger partial charge in [-0.25, -0.2) is 4.39 Å². The number of anilines is 1. The van der Waals surface area contributed by atoms with E-state index in [1.54, 1.807) is 12.1 Å². The lowest BCUT2D eigenvalue weighted by molar-refractivity contribution is 0.102. The molecule has 0 aliphatic carbocycles. The van der Waals surface area contributed by atoms with Gasteiger partial charge in [-0.2, -0.15) is 0 Å². The molecule has 2 aromatic rings. The molecule has 18 heavy (non-hydrogen) atoms. The van der Waals surface area contributed by atoms with E-state index in [-0.39, 0.29) is 11.7 Å². The third-order valence-electron chi connectivity index (χ3n) is 2.35. The Labute approximate surface area is 103 Å². The Morgan fingerprint density at radius 1 is 1.28 bits per heavy atom. The highest BCUT2D eigenvalue weighted by Crippen LogP contribution is 2.25. The van der Waals surface area contributed by atoms with Crippen LogP contribution in [0.15, 0.2) is 42.7 Å². The number of methoxy groups -OCH3 is 1. The van der Waals surface area contributed by atoms with E-state index >= 15 is 0 Å². The van der Waals surface area contributed by atoms with Crippen LogP contribution in [0.4, 0.5) is 10.1 Å². The molecule has 1 N–H and O–H groups in total. The molecule has 0 bridgehead atoms. The van der Waals surface area contributed by atoms with Crippen LogP contribution in [0.5, 0.6) is 5.75 Å². The van der Waals surface area contributed by atoms with Crippen molar-refractivity contribution in [1.29, 1.82) is 0 Å². The number of ether oxygens (including phenoxy) is 1. The topological polar surface area (TPSA) is 51.2 Å². The van der Waals surface area contributed by atoms with Crippen LogP contribution >= 0.6 is 0 Å². The molecule has 1 aromatic heterocycles. The van der Waals surface area contributed by atoms with Gasteiger partial charge in [0.15, 0.2) is 0 Å². The van der Waals surface area contributed by atoms with Crippen LogP contribution in [0.3, 0.4) is 0 Å². The molecule has 0 aliphatic rings. The fraction of sp³-hybridized carbons (Fsp3) is 0.0769. The first-order valence-corrected chi connectivity index (χ1v) is 5.25. The molecule has 0 unspecified atom stereocenters. The van der Waals surface area contributed by atoms with Crippen molar-refractivity contribution in [1.82, 2.24) is 4.98 Å². The highest BCUT2D eigenvalue weighted by Gasteiger charge is 2.10. The maximum Gasteiger partial charge on any atom is 0.255 e. The van der Waals surface area contributed by atoms with Gasteiger partial charge >= 0.3 is 0 Å². The predicted octanol–water partition coefficient (Wildman–Crippen LogP) is 2.48. The van der Waals surface area contributed by atoms with Crippen molar-refractivity contribution < 1.29 is 13.9 Å². The first kappa shape index (κ1) is 12.0.